The van der Waals surface area contributed by atoms with E-state index in [1.165, 1.54) is 11.3 Å². The maximum Gasteiger partial charge on any atom is 0.270 e. The van der Waals surface area contributed by atoms with Gasteiger partial charge in [0.05, 0.1) is 0 Å². The van der Waals surface area contributed by atoms with Gasteiger partial charge in [0.25, 0.3) is 5.91 Å². The van der Waals surface area contributed by atoms with Gasteiger partial charge in [-0.15, -0.1) is 0 Å². The highest BCUT2D eigenvalue weighted by Crippen LogP contribution is 2.24. The van der Waals surface area contributed by atoms with Crippen molar-refractivity contribution < 1.29 is 4.79 Å². The number of aromatic nitrogens is 1. The molecule has 0 aliphatic heterocycles. The summed E-state index contributed by atoms with van der Waals surface area (Å²) in [6.45, 7) is 3.51. The van der Waals surface area contributed by atoms with Crippen LogP contribution in [0.4, 0.5) is 0 Å². The molecule has 0 fully saturated rings. The normalized spacial score (nSPS) is 16.5. The van der Waals surface area contributed by atoms with E-state index in [9.17, 15) is 4.79 Å². The number of rotatable bonds is 6. The number of aromatic amines is 1. The molecule has 4 nitrogen and oxygen atoms in total. The molecule has 0 saturated carbocycles. The van der Waals surface area contributed by atoms with E-state index in [1.54, 1.807) is 0 Å². The van der Waals surface area contributed by atoms with Crippen LogP contribution < -0.4 is 5.32 Å². The molecule has 1 aromatic heterocycles. The Morgan fingerprint density at radius 2 is 2.00 bits per heavy atom. The fourth-order valence-electron chi connectivity index (χ4n) is 4.03. The SMILES string of the molecule is CCN(C(=O)c1cc2ccccc2[nH]1)[C@H]1CCC=C(NCc2ccc(Cl)cc2)C1. The number of carbonyl (C=O) groups is 1. The van der Waals surface area contributed by atoms with Crippen LogP contribution in [0.1, 0.15) is 42.2 Å². The van der Waals surface area contributed by atoms with Crippen molar-refractivity contribution in [3.05, 3.63) is 82.7 Å². The van der Waals surface area contributed by atoms with Crippen LogP contribution in [-0.4, -0.2) is 28.4 Å². The monoisotopic (exact) mass is 407 g/mol. The maximum absolute atomic E-state index is 13.2. The van der Waals surface area contributed by atoms with Crippen LogP contribution in [0.5, 0.6) is 0 Å². The zero-order chi connectivity index (χ0) is 20.2. The molecular formula is C24H26ClN3O. The van der Waals surface area contributed by atoms with Gasteiger partial charge in [-0.3, -0.25) is 4.79 Å². The summed E-state index contributed by atoms with van der Waals surface area (Å²) in [5.41, 5.74) is 4.07. The van der Waals surface area contributed by atoms with Crippen LogP contribution in [-0.2, 0) is 6.54 Å². The van der Waals surface area contributed by atoms with Gasteiger partial charge in [0, 0.05) is 47.2 Å². The summed E-state index contributed by atoms with van der Waals surface area (Å²) >= 11 is 5.96. The van der Waals surface area contributed by atoms with E-state index in [2.05, 4.69) is 23.3 Å². The molecule has 0 spiro atoms. The molecule has 1 atom stereocenters. The quantitative estimate of drug-likeness (QED) is 0.566. The van der Waals surface area contributed by atoms with Gasteiger partial charge in [0.2, 0.25) is 0 Å². The molecular weight excluding hydrogens is 382 g/mol. The summed E-state index contributed by atoms with van der Waals surface area (Å²) in [5.74, 6) is 0.0765. The van der Waals surface area contributed by atoms with Crippen molar-refractivity contribution in [3.63, 3.8) is 0 Å². The van der Waals surface area contributed by atoms with Gasteiger partial charge < -0.3 is 15.2 Å². The Kier molecular flexibility index (Phi) is 5.91. The zero-order valence-electron chi connectivity index (χ0n) is 16.6. The number of hydrogen-bond donors (Lipinski definition) is 2. The van der Waals surface area contributed by atoms with Crippen LogP contribution in [0.3, 0.4) is 0 Å². The summed E-state index contributed by atoms with van der Waals surface area (Å²) in [4.78, 5) is 18.5. The highest BCUT2D eigenvalue weighted by atomic mass is 35.5. The van der Waals surface area contributed by atoms with E-state index >= 15 is 0 Å². The molecule has 0 saturated heterocycles. The van der Waals surface area contributed by atoms with E-state index < -0.39 is 0 Å². The van der Waals surface area contributed by atoms with Crippen LogP contribution in [0.2, 0.25) is 5.02 Å². The first-order valence-electron chi connectivity index (χ1n) is 10.2. The number of amides is 1. The Balaban J connectivity index is 1.42. The topological polar surface area (TPSA) is 48.1 Å². The predicted molar refractivity (Wildman–Crippen MR) is 119 cm³/mol. The molecule has 4 rings (SSSR count). The molecule has 1 aliphatic rings. The Morgan fingerprint density at radius 3 is 2.76 bits per heavy atom. The Labute approximate surface area is 176 Å². The first-order valence-corrected chi connectivity index (χ1v) is 10.6. The Morgan fingerprint density at radius 1 is 1.21 bits per heavy atom. The van der Waals surface area contributed by atoms with Gasteiger partial charge in [0.1, 0.15) is 5.69 Å². The van der Waals surface area contributed by atoms with Gasteiger partial charge in [-0.1, -0.05) is 48.0 Å². The first kappa shape index (κ1) is 19.6. The fourth-order valence-corrected chi connectivity index (χ4v) is 4.15. The molecule has 150 valence electrons. The highest BCUT2D eigenvalue weighted by molar-refractivity contribution is 6.30. The summed E-state index contributed by atoms with van der Waals surface area (Å²) in [6, 6.07) is 18.1. The zero-order valence-corrected chi connectivity index (χ0v) is 17.4. The highest BCUT2D eigenvalue weighted by Gasteiger charge is 2.27. The third kappa shape index (κ3) is 4.48. The van der Waals surface area contributed by atoms with Gasteiger partial charge in [-0.2, -0.15) is 0 Å². The minimum absolute atomic E-state index is 0.0765. The second kappa shape index (κ2) is 8.75. The number of halogens is 1. The van der Waals surface area contributed by atoms with Crippen LogP contribution >= 0.6 is 11.6 Å². The lowest BCUT2D eigenvalue weighted by atomic mass is 9.96. The van der Waals surface area contributed by atoms with E-state index in [1.807, 2.05) is 59.5 Å². The largest absolute Gasteiger partial charge is 0.384 e. The van der Waals surface area contributed by atoms with E-state index in [0.29, 0.717) is 12.2 Å². The molecule has 3 aromatic rings. The van der Waals surface area contributed by atoms with Gasteiger partial charge in [0.15, 0.2) is 0 Å². The lowest BCUT2D eigenvalue weighted by Gasteiger charge is -2.34. The summed E-state index contributed by atoms with van der Waals surface area (Å²) in [5, 5.41) is 5.36. The van der Waals surface area contributed by atoms with Crippen LogP contribution in [0, 0.1) is 0 Å². The molecule has 0 radical (unpaired) electrons. The Hall–Kier alpha value is -2.72. The lowest BCUT2D eigenvalue weighted by Crippen LogP contribution is -2.42. The molecule has 0 bridgehead atoms. The number of benzene rings is 2. The van der Waals surface area contributed by atoms with E-state index in [-0.39, 0.29) is 11.9 Å². The smallest absolute Gasteiger partial charge is 0.270 e. The van der Waals surface area contributed by atoms with Gasteiger partial charge in [-0.25, -0.2) is 0 Å². The molecule has 1 heterocycles. The van der Waals surface area contributed by atoms with E-state index in [0.717, 1.165) is 41.7 Å². The average molecular weight is 408 g/mol. The third-order valence-corrected chi connectivity index (χ3v) is 5.83. The number of nitrogens with one attached hydrogen (secondary N) is 2. The fraction of sp³-hybridized carbons (Fsp3) is 0.292. The molecule has 1 amide bonds. The second-order valence-electron chi connectivity index (χ2n) is 7.51. The number of hydrogen-bond acceptors (Lipinski definition) is 2. The standard InChI is InChI=1S/C24H26ClN3O/c1-2-28(24(29)23-14-18-6-3-4-9-22(18)27-23)21-8-5-7-20(15-21)26-16-17-10-12-19(25)13-11-17/h3-4,6-7,9-14,21,26-27H,2,5,8,15-16H2,1H3/t21-/m0/s1. The second-order valence-corrected chi connectivity index (χ2v) is 7.94. The predicted octanol–water partition coefficient (Wildman–Crippen LogP) is 5.51. The van der Waals surface area contributed by atoms with Crippen molar-refractivity contribution in [2.45, 2.75) is 38.8 Å². The lowest BCUT2D eigenvalue weighted by molar-refractivity contribution is 0.0669. The number of fused-ring (bicyclic) bond motifs is 1. The van der Waals surface area contributed by atoms with Crippen molar-refractivity contribution in [2.24, 2.45) is 0 Å². The Bertz CT molecular complexity index is 989. The number of nitrogens with zero attached hydrogens (tertiary/aromatic N) is 1. The van der Waals surface area contributed by atoms with Gasteiger partial charge >= 0.3 is 0 Å². The summed E-state index contributed by atoms with van der Waals surface area (Å²) in [7, 11) is 0. The number of carbonyl (C=O) groups excluding carboxylic acids is 1. The van der Waals surface area contributed by atoms with Crippen molar-refractivity contribution >= 4 is 28.4 Å². The van der Waals surface area contributed by atoms with Crippen molar-refractivity contribution in [2.75, 3.05) is 6.54 Å². The number of H-pyrrole nitrogens is 1. The summed E-state index contributed by atoms with van der Waals surface area (Å²) in [6.07, 6.45) is 5.08. The van der Waals surface area contributed by atoms with Crippen LogP contribution in [0.15, 0.2) is 66.4 Å². The minimum Gasteiger partial charge on any atom is -0.384 e. The first-order chi connectivity index (χ1) is 14.1. The molecule has 5 heteroatoms. The molecule has 0 unspecified atom stereocenters. The summed E-state index contributed by atoms with van der Waals surface area (Å²) < 4.78 is 0. The number of para-hydroxylation sites is 1. The number of allylic oxidation sites excluding steroid dienone is 1. The molecule has 29 heavy (non-hydrogen) atoms. The van der Waals surface area contributed by atoms with Crippen molar-refractivity contribution in [3.8, 4) is 0 Å². The molecule has 1 aliphatic carbocycles. The maximum atomic E-state index is 13.2. The molecule has 2 N–H and O–H groups in total. The van der Waals surface area contributed by atoms with Crippen LogP contribution in [0.25, 0.3) is 10.9 Å². The van der Waals surface area contributed by atoms with Crippen molar-refractivity contribution in [1.82, 2.24) is 15.2 Å². The van der Waals surface area contributed by atoms with Crippen molar-refractivity contribution in [1.29, 1.82) is 0 Å². The minimum atomic E-state index is 0.0765. The van der Waals surface area contributed by atoms with E-state index in [4.69, 9.17) is 11.6 Å². The third-order valence-electron chi connectivity index (χ3n) is 5.58. The average Bonchev–Trinajstić information content (AvgIpc) is 3.18. The molecule has 2 aromatic carbocycles. The van der Waals surface area contributed by atoms with Gasteiger partial charge in [-0.05, 0) is 49.6 Å².